The molecule has 0 fully saturated rings. The third kappa shape index (κ3) is 7.47. The van der Waals surface area contributed by atoms with Gasteiger partial charge in [-0.1, -0.05) is 68.4 Å². The third-order valence-corrected chi connectivity index (χ3v) is 8.76. The standard InChI is InChI=1S/C31H39N3O4S/c1-6-25(5)32-31(36)29(7-2)33(21-26-14-10-8-11-15-26)30(35)22-34(27-19-18-23(3)24(4)20-27)39(37,38)28-16-12-9-13-17-28/h8-20,25,29H,6-7,21-22H2,1-5H3,(H,32,36)/t25-,29-/m0/s1. The van der Waals surface area contributed by atoms with Crippen molar-refractivity contribution in [1.82, 2.24) is 10.2 Å². The highest BCUT2D eigenvalue weighted by Gasteiger charge is 2.34. The quantitative estimate of drug-likeness (QED) is 0.336. The lowest BCUT2D eigenvalue weighted by Gasteiger charge is -2.33. The molecule has 2 amide bonds. The van der Waals surface area contributed by atoms with E-state index in [0.29, 0.717) is 12.1 Å². The Morgan fingerprint density at radius 2 is 1.46 bits per heavy atom. The molecule has 0 bridgehead atoms. The number of carbonyl (C=O) groups is 2. The first kappa shape index (κ1) is 29.9. The highest BCUT2D eigenvalue weighted by molar-refractivity contribution is 7.92. The summed E-state index contributed by atoms with van der Waals surface area (Å²) in [5.41, 5.74) is 3.17. The summed E-state index contributed by atoms with van der Waals surface area (Å²) in [5.74, 6) is -0.706. The van der Waals surface area contributed by atoms with Crippen molar-refractivity contribution in [1.29, 1.82) is 0 Å². The van der Waals surface area contributed by atoms with Gasteiger partial charge in [0.05, 0.1) is 10.6 Å². The SMILES string of the molecule is CC[C@H](C)NC(=O)[C@H](CC)N(Cc1ccccc1)C(=O)CN(c1ccc(C)c(C)c1)S(=O)(=O)c1ccccc1. The number of rotatable bonds is 12. The number of amides is 2. The minimum absolute atomic E-state index is 0.0503. The van der Waals surface area contributed by atoms with Crippen molar-refractivity contribution < 1.29 is 18.0 Å². The Morgan fingerprint density at radius 1 is 0.846 bits per heavy atom. The van der Waals surface area contributed by atoms with Gasteiger partial charge in [0.2, 0.25) is 11.8 Å². The maximum absolute atomic E-state index is 14.1. The van der Waals surface area contributed by atoms with Crippen molar-refractivity contribution in [3.8, 4) is 0 Å². The molecule has 39 heavy (non-hydrogen) atoms. The van der Waals surface area contributed by atoms with Gasteiger partial charge >= 0.3 is 0 Å². The fourth-order valence-electron chi connectivity index (χ4n) is 4.27. The number of hydrogen-bond acceptors (Lipinski definition) is 4. The number of benzene rings is 3. The highest BCUT2D eigenvalue weighted by Crippen LogP contribution is 2.26. The summed E-state index contributed by atoms with van der Waals surface area (Å²) < 4.78 is 28.9. The van der Waals surface area contributed by atoms with Crippen LogP contribution in [0.15, 0.2) is 83.8 Å². The molecule has 3 rings (SSSR count). The van der Waals surface area contributed by atoms with Crippen LogP contribution in [0.25, 0.3) is 0 Å². The van der Waals surface area contributed by atoms with Gasteiger partial charge in [-0.15, -0.1) is 0 Å². The minimum atomic E-state index is -4.08. The molecule has 0 radical (unpaired) electrons. The molecule has 0 aliphatic heterocycles. The molecule has 0 aliphatic carbocycles. The van der Waals surface area contributed by atoms with Gasteiger partial charge in [-0.3, -0.25) is 13.9 Å². The molecule has 0 aliphatic rings. The summed E-state index contributed by atoms with van der Waals surface area (Å²) in [5, 5.41) is 2.99. The molecule has 7 nitrogen and oxygen atoms in total. The van der Waals surface area contributed by atoms with Crippen molar-refractivity contribution in [2.45, 2.75) is 71.0 Å². The Kier molecular flexibility index (Phi) is 10.3. The summed E-state index contributed by atoms with van der Waals surface area (Å²) in [7, 11) is -4.08. The van der Waals surface area contributed by atoms with E-state index in [0.717, 1.165) is 27.4 Å². The van der Waals surface area contributed by atoms with Gasteiger partial charge in [0, 0.05) is 12.6 Å². The third-order valence-electron chi connectivity index (χ3n) is 6.97. The summed E-state index contributed by atoms with van der Waals surface area (Å²) in [6, 6.07) is 22.0. The Morgan fingerprint density at radius 3 is 2.03 bits per heavy atom. The molecule has 1 N–H and O–H groups in total. The van der Waals surface area contributed by atoms with Crippen molar-refractivity contribution >= 4 is 27.5 Å². The smallest absolute Gasteiger partial charge is 0.264 e. The Hall–Kier alpha value is -3.65. The maximum Gasteiger partial charge on any atom is 0.264 e. The Labute approximate surface area is 232 Å². The summed E-state index contributed by atoms with van der Waals surface area (Å²) >= 11 is 0. The van der Waals surface area contributed by atoms with Crippen molar-refractivity contribution in [2.75, 3.05) is 10.8 Å². The van der Waals surface area contributed by atoms with Crippen LogP contribution in [0.2, 0.25) is 0 Å². The molecule has 0 heterocycles. The number of nitrogens with one attached hydrogen (secondary N) is 1. The van der Waals surface area contributed by atoms with Gasteiger partial charge in [0.25, 0.3) is 10.0 Å². The van der Waals surface area contributed by atoms with Gasteiger partial charge in [0.1, 0.15) is 12.6 Å². The van der Waals surface area contributed by atoms with E-state index in [-0.39, 0.29) is 23.4 Å². The van der Waals surface area contributed by atoms with Crippen molar-refractivity contribution in [3.63, 3.8) is 0 Å². The number of anilines is 1. The van der Waals surface area contributed by atoms with E-state index in [9.17, 15) is 18.0 Å². The lowest BCUT2D eigenvalue weighted by atomic mass is 10.1. The zero-order valence-electron chi connectivity index (χ0n) is 23.4. The molecule has 0 saturated heterocycles. The maximum atomic E-state index is 14.1. The first-order valence-electron chi connectivity index (χ1n) is 13.4. The molecule has 3 aromatic rings. The van der Waals surface area contributed by atoms with Crippen LogP contribution in [0.3, 0.4) is 0 Å². The fourth-order valence-corrected chi connectivity index (χ4v) is 5.70. The number of aryl methyl sites for hydroxylation is 2. The second-order valence-electron chi connectivity index (χ2n) is 9.84. The molecule has 0 saturated carbocycles. The normalized spacial score (nSPS) is 12.8. The number of carbonyl (C=O) groups excluding carboxylic acids is 2. The van der Waals surface area contributed by atoms with Gasteiger partial charge in [0.15, 0.2) is 0 Å². The summed E-state index contributed by atoms with van der Waals surface area (Å²) in [6.07, 6.45) is 1.14. The monoisotopic (exact) mass is 549 g/mol. The van der Waals surface area contributed by atoms with Crippen LogP contribution in [-0.2, 0) is 26.2 Å². The molecular weight excluding hydrogens is 510 g/mol. The molecule has 2 atom stereocenters. The van der Waals surface area contributed by atoms with Crippen molar-refractivity contribution in [2.24, 2.45) is 0 Å². The first-order valence-corrected chi connectivity index (χ1v) is 14.8. The van der Waals surface area contributed by atoms with E-state index in [2.05, 4.69) is 5.32 Å². The molecule has 8 heteroatoms. The van der Waals surface area contributed by atoms with E-state index >= 15 is 0 Å². The van der Waals surface area contributed by atoms with Crippen LogP contribution in [-0.4, -0.2) is 43.8 Å². The van der Waals surface area contributed by atoms with Gasteiger partial charge in [-0.25, -0.2) is 8.42 Å². The van der Waals surface area contributed by atoms with Crippen LogP contribution in [0, 0.1) is 13.8 Å². The predicted octanol–water partition coefficient (Wildman–Crippen LogP) is 5.22. The lowest BCUT2D eigenvalue weighted by molar-refractivity contribution is -0.140. The molecule has 0 unspecified atom stereocenters. The summed E-state index contributed by atoms with van der Waals surface area (Å²) in [4.78, 5) is 29.0. The number of hydrogen-bond donors (Lipinski definition) is 1. The predicted molar refractivity (Wildman–Crippen MR) is 156 cm³/mol. The number of sulfonamides is 1. The molecule has 208 valence electrons. The van der Waals surface area contributed by atoms with Crippen LogP contribution >= 0.6 is 0 Å². The zero-order chi connectivity index (χ0) is 28.6. The van der Waals surface area contributed by atoms with E-state index in [1.54, 1.807) is 30.3 Å². The van der Waals surface area contributed by atoms with Gasteiger partial charge in [-0.05, 0) is 74.6 Å². The van der Waals surface area contributed by atoms with Gasteiger partial charge in [-0.2, -0.15) is 0 Å². The average Bonchev–Trinajstić information content (AvgIpc) is 2.93. The van der Waals surface area contributed by atoms with E-state index in [1.807, 2.05) is 71.0 Å². The topological polar surface area (TPSA) is 86.8 Å². The molecule has 3 aromatic carbocycles. The second-order valence-corrected chi connectivity index (χ2v) is 11.7. The van der Waals surface area contributed by atoms with Crippen LogP contribution < -0.4 is 9.62 Å². The van der Waals surface area contributed by atoms with E-state index in [4.69, 9.17) is 0 Å². The average molecular weight is 550 g/mol. The van der Waals surface area contributed by atoms with E-state index in [1.165, 1.54) is 17.0 Å². The molecular formula is C31H39N3O4S. The van der Waals surface area contributed by atoms with Crippen LogP contribution in [0.5, 0.6) is 0 Å². The largest absolute Gasteiger partial charge is 0.352 e. The van der Waals surface area contributed by atoms with E-state index < -0.39 is 28.5 Å². The first-order chi connectivity index (χ1) is 18.6. The number of nitrogens with zero attached hydrogens (tertiary/aromatic N) is 2. The fraction of sp³-hybridized carbons (Fsp3) is 0.355. The molecule has 0 spiro atoms. The summed E-state index contributed by atoms with van der Waals surface area (Å²) in [6.45, 7) is 9.34. The Balaban J connectivity index is 2.06. The zero-order valence-corrected chi connectivity index (χ0v) is 24.2. The van der Waals surface area contributed by atoms with Crippen molar-refractivity contribution in [3.05, 3.63) is 95.6 Å². The lowest BCUT2D eigenvalue weighted by Crippen LogP contribution is -2.53. The second kappa shape index (κ2) is 13.4. The highest BCUT2D eigenvalue weighted by atomic mass is 32.2. The van der Waals surface area contributed by atoms with Gasteiger partial charge < -0.3 is 10.2 Å². The minimum Gasteiger partial charge on any atom is -0.352 e. The Bertz CT molecular complexity index is 1360. The van der Waals surface area contributed by atoms with Crippen LogP contribution in [0.4, 0.5) is 5.69 Å². The van der Waals surface area contributed by atoms with Crippen LogP contribution in [0.1, 0.15) is 50.3 Å². The molecule has 0 aromatic heterocycles.